The van der Waals surface area contributed by atoms with E-state index in [0.29, 0.717) is 16.9 Å². The van der Waals surface area contributed by atoms with E-state index in [-0.39, 0.29) is 17.3 Å². The predicted octanol–water partition coefficient (Wildman–Crippen LogP) is 3.71. The Morgan fingerprint density at radius 2 is 1.75 bits per heavy atom. The average Bonchev–Trinajstić information content (AvgIpc) is 2.69. The number of hydrogen-bond donors (Lipinski definition) is 2. The van der Waals surface area contributed by atoms with E-state index in [4.69, 9.17) is 0 Å². The summed E-state index contributed by atoms with van der Waals surface area (Å²) in [7, 11) is 1.29. The van der Waals surface area contributed by atoms with Crippen LogP contribution < -0.4 is 10.6 Å². The molecule has 0 fully saturated rings. The zero-order valence-corrected chi connectivity index (χ0v) is 15.2. The number of amides is 1. The van der Waals surface area contributed by atoms with Crippen molar-refractivity contribution in [3.8, 4) is 0 Å². The molecule has 0 unspecified atom stereocenters. The van der Waals surface area contributed by atoms with Gasteiger partial charge in [0.05, 0.1) is 18.4 Å². The van der Waals surface area contributed by atoms with Gasteiger partial charge in [-0.25, -0.2) is 19.2 Å². The van der Waals surface area contributed by atoms with Gasteiger partial charge in [-0.1, -0.05) is 12.1 Å². The third-order valence-electron chi connectivity index (χ3n) is 3.77. The number of hydrogen-bond acceptors (Lipinski definition) is 6. The second-order valence-electron chi connectivity index (χ2n) is 5.85. The maximum atomic E-state index is 13.8. The fraction of sp³-hybridized carbons (Fsp3) is 0.100. The first-order valence-corrected chi connectivity index (χ1v) is 8.33. The Balaban J connectivity index is 1.77. The smallest absolute Gasteiger partial charge is 0.337 e. The summed E-state index contributed by atoms with van der Waals surface area (Å²) in [5.74, 6) is -1.28. The van der Waals surface area contributed by atoms with E-state index < -0.39 is 17.7 Å². The second-order valence-corrected chi connectivity index (χ2v) is 5.85. The number of benzene rings is 2. The number of aromatic nitrogens is 2. The maximum Gasteiger partial charge on any atom is 0.337 e. The molecule has 0 aliphatic carbocycles. The number of aryl methyl sites for hydroxylation is 1. The number of rotatable bonds is 5. The first-order chi connectivity index (χ1) is 13.5. The van der Waals surface area contributed by atoms with Gasteiger partial charge in [0.25, 0.3) is 5.91 Å². The van der Waals surface area contributed by atoms with Crippen LogP contribution in [-0.2, 0) is 4.74 Å². The van der Waals surface area contributed by atoms with Crippen molar-refractivity contribution in [1.82, 2.24) is 9.97 Å². The SMILES string of the molecule is COC(=O)c1ccc(NC(=O)c2cc(C)nc(Nc3ccccc3F)n2)cc1. The molecule has 0 spiro atoms. The fourth-order valence-corrected chi connectivity index (χ4v) is 2.43. The van der Waals surface area contributed by atoms with Gasteiger partial charge in [0.15, 0.2) is 0 Å². The van der Waals surface area contributed by atoms with Crippen molar-refractivity contribution in [3.05, 3.63) is 77.4 Å². The molecule has 0 aliphatic heterocycles. The van der Waals surface area contributed by atoms with Gasteiger partial charge >= 0.3 is 5.97 Å². The van der Waals surface area contributed by atoms with Crippen LogP contribution in [0.4, 0.5) is 21.7 Å². The van der Waals surface area contributed by atoms with E-state index in [1.54, 1.807) is 37.3 Å². The molecule has 3 aromatic rings. The van der Waals surface area contributed by atoms with Gasteiger partial charge in [0.2, 0.25) is 5.95 Å². The lowest BCUT2D eigenvalue weighted by atomic mass is 10.2. The molecule has 2 aromatic carbocycles. The molecule has 0 aliphatic rings. The molecule has 0 saturated carbocycles. The van der Waals surface area contributed by atoms with Crippen molar-refractivity contribution in [2.75, 3.05) is 17.7 Å². The number of para-hydroxylation sites is 1. The minimum absolute atomic E-state index is 0.108. The van der Waals surface area contributed by atoms with Crippen molar-refractivity contribution in [2.45, 2.75) is 6.92 Å². The minimum atomic E-state index is -0.465. The van der Waals surface area contributed by atoms with Crippen molar-refractivity contribution in [3.63, 3.8) is 0 Å². The summed E-state index contributed by atoms with van der Waals surface area (Å²) in [6, 6.07) is 13.9. The molecule has 8 heteroatoms. The molecule has 28 heavy (non-hydrogen) atoms. The standard InChI is InChI=1S/C20H17FN4O3/c1-12-11-17(25-20(22-12)24-16-6-4-3-5-15(16)21)18(26)23-14-9-7-13(8-10-14)19(27)28-2/h3-11H,1-2H3,(H,23,26)(H,22,24,25). The summed E-state index contributed by atoms with van der Waals surface area (Å²) < 4.78 is 18.4. The van der Waals surface area contributed by atoms with Crippen LogP contribution in [0, 0.1) is 12.7 Å². The largest absolute Gasteiger partial charge is 0.465 e. The Morgan fingerprint density at radius 3 is 2.43 bits per heavy atom. The highest BCUT2D eigenvalue weighted by Crippen LogP contribution is 2.18. The third kappa shape index (κ3) is 4.47. The van der Waals surface area contributed by atoms with Crippen LogP contribution in [0.2, 0.25) is 0 Å². The van der Waals surface area contributed by atoms with Gasteiger partial charge in [-0.2, -0.15) is 0 Å². The Bertz CT molecular complexity index is 1020. The number of nitrogens with one attached hydrogen (secondary N) is 2. The normalized spacial score (nSPS) is 10.2. The second kappa shape index (κ2) is 8.26. The molecular weight excluding hydrogens is 363 g/mol. The molecule has 1 amide bonds. The number of carbonyl (C=O) groups is 2. The highest BCUT2D eigenvalue weighted by atomic mass is 19.1. The van der Waals surface area contributed by atoms with Crippen LogP contribution in [0.1, 0.15) is 26.5 Å². The number of anilines is 3. The zero-order valence-electron chi connectivity index (χ0n) is 15.2. The molecule has 0 bridgehead atoms. The quantitative estimate of drug-likeness (QED) is 0.656. The van der Waals surface area contributed by atoms with Gasteiger partial charge in [0, 0.05) is 11.4 Å². The van der Waals surface area contributed by atoms with Crippen LogP contribution in [-0.4, -0.2) is 29.0 Å². The first-order valence-electron chi connectivity index (χ1n) is 8.33. The Labute approximate surface area is 160 Å². The molecule has 2 N–H and O–H groups in total. The van der Waals surface area contributed by atoms with Crippen molar-refractivity contribution in [1.29, 1.82) is 0 Å². The average molecular weight is 380 g/mol. The van der Waals surface area contributed by atoms with Crippen molar-refractivity contribution in [2.24, 2.45) is 0 Å². The molecule has 0 saturated heterocycles. The zero-order chi connectivity index (χ0) is 20.1. The summed E-state index contributed by atoms with van der Waals surface area (Å²) in [6.07, 6.45) is 0. The lowest BCUT2D eigenvalue weighted by Gasteiger charge is -2.09. The van der Waals surface area contributed by atoms with Gasteiger partial charge < -0.3 is 15.4 Å². The summed E-state index contributed by atoms with van der Waals surface area (Å²) >= 11 is 0. The molecule has 1 heterocycles. The van der Waals surface area contributed by atoms with Gasteiger partial charge in [-0.3, -0.25) is 4.79 Å². The molecule has 3 rings (SSSR count). The number of nitrogens with zero attached hydrogens (tertiary/aromatic N) is 2. The van der Waals surface area contributed by atoms with E-state index in [0.717, 1.165) is 0 Å². The Hall–Kier alpha value is -3.81. The highest BCUT2D eigenvalue weighted by molar-refractivity contribution is 6.03. The summed E-state index contributed by atoms with van der Waals surface area (Å²) in [5, 5.41) is 5.46. The molecule has 1 aromatic heterocycles. The highest BCUT2D eigenvalue weighted by Gasteiger charge is 2.13. The lowest BCUT2D eigenvalue weighted by Crippen LogP contribution is -2.15. The maximum absolute atomic E-state index is 13.8. The van der Waals surface area contributed by atoms with Gasteiger partial charge in [-0.05, 0) is 49.4 Å². The molecule has 142 valence electrons. The molecule has 0 radical (unpaired) electrons. The number of halogens is 1. The monoisotopic (exact) mass is 380 g/mol. The van der Waals surface area contributed by atoms with Gasteiger partial charge in [0.1, 0.15) is 11.5 Å². The van der Waals surface area contributed by atoms with Gasteiger partial charge in [-0.15, -0.1) is 0 Å². The van der Waals surface area contributed by atoms with Crippen molar-refractivity contribution < 1.29 is 18.7 Å². The van der Waals surface area contributed by atoms with Crippen LogP contribution in [0.5, 0.6) is 0 Å². The predicted molar refractivity (Wildman–Crippen MR) is 102 cm³/mol. The third-order valence-corrected chi connectivity index (χ3v) is 3.77. The minimum Gasteiger partial charge on any atom is -0.465 e. The Kier molecular flexibility index (Phi) is 5.59. The summed E-state index contributed by atoms with van der Waals surface area (Å²) in [4.78, 5) is 32.3. The lowest BCUT2D eigenvalue weighted by molar-refractivity contribution is 0.0600. The van der Waals surface area contributed by atoms with E-state index in [1.165, 1.54) is 31.4 Å². The topological polar surface area (TPSA) is 93.2 Å². The summed E-state index contributed by atoms with van der Waals surface area (Å²) in [5.41, 5.74) is 1.72. The van der Waals surface area contributed by atoms with Crippen LogP contribution in [0.15, 0.2) is 54.6 Å². The van der Waals surface area contributed by atoms with Crippen LogP contribution in [0.3, 0.4) is 0 Å². The number of carbonyl (C=O) groups excluding carboxylic acids is 2. The fourth-order valence-electron chi connectivity index (χ4n) is 2.43. The van der Waals surface area contributed by atoms with E-state index in [9.17, 15) is 14.0 Å². The van der Waals surface area contributed by atoms with Crippen LogP contribution >= 0.6 is 0 Å². The molecular formula is C20H17FN4O3. The number of methoxy groups -OCH3 is 1. The van der Waals surface area contributed by atoms with E-state index in [1.807, 2.05) is 0 Å². The number of ether oxygens (including phenoxy) is 1. The molecule has 7 nitrogen and oxygen atoms in total. The van der Waals surface area contributed by atoms with E-state index in [2.05, 4.69) is 25.3 Å². The Morgan fingerprint density at radius 1 is 1.04 bits per heavy atom. The van der Waals surface area contributed by atoms with E-state index >= 15 is 0 Å². The molecule has 0 atom stereocenters. The number of esters is 1. The van der Waals surface area contributed by atoms with Crippen LogP contribution in [0.25, 0.3) is 0 Å². The van der Waals surface area contributed by atoms with Crippen molar-refractivity contribution >= 4 is 29.2 Å². The summed E-state index contributed by atoms with van der Waals surface area (Å²) in [6.45, 7) is 1.70. The first kappa shape index (κ1) is 19.0.